The summed E-state index contributed by atoms with van der Waals surface area (Å²) in [5.74, 6) is -0.0427. The van der Waals surface area contributed by atoms with Crippen LogP contribution in [0.3, 0.4) is 0 Å². The molecule has 114 valence electrons. The molecule has 0 aromatic rings. The Morgan fingerprint density at radius 2 is 1.67 bits per heavy atom. The first-order chi connectivity index (χ1) is 10.2. The summed E-state index contributed by atoms with van der Waals surface area (Å²) in [7, 11) is 0. The predicted molar refractivity (Wildman–Crippen MR) is 79.2 cm³/mol. The van der Waals surface area contributed by atoms with Gasteiger partial charge in [-0.25, -0.2) is 0 Å². The van der Waals surface area contributed by atoms with Gasteiger partial charge in [-0.05, 0) is 32.1 Å². The standard InChI is InChI=1S/C16H23N3O2/c17-8-7-15(20)18-9-4-10-19(12-11-18)16(21)13-14-5-2-1-3-6-14/h13H,1-7,9-12H2. The molecule has 0 N–H and O–H groups in total. The van der Waals surface area contributed by atoms with Gasteiger partial charge in [0.05, 0.1) is 6.07 Å². The van der Waals surface area contributed by atoms with Crippen molar-refractivity contribution in [3.05, 3.63) is 11.6 Å². The van der Waals surface area contributed by atoms with E-state index in [9.17, 15) is 9.59 Å². The molecular weight excluding hydrogens is 266 g/mol. The molecule has 2 aliphatic rings. The molecule has 0 bridgehead atoms. The van der Waals surface area contributed by atoms with Gasteiger partial charge < -0.3 is 9.80 Å². The van der Waals surface area contributed by atoms with Gasteiger partial charge in [0.1, 0.15) is 6.42 Å². The number of nitrogens with zero attached hydrogens (tertiary/aromatic N) is 3. The van der Waals surface area contributed by atoms with E-state index in [2.05, 4.69) is 0 Å². The van der Waals surface area contributed by atoms with Gasteiger partial charge in [0, 0.05) is 32.3 Å². The molecule has 1 aliphatic heterocycles. The second-order valence-electron chi connectivity index (χ2n) is 5.76. The van der Waals surface area contributed by atoms with Crippen LogP contribution in [0.15, 0.2) is 11.6 Å². The second-order valence-corrected chi connectivity index (χ2v) is 5.76. The third-order valence-corrected chi connectivity index (χ3v) is 4.21. The third kappa shape index (κ3) is 4.59. The molecule has 1 aliphatic carbocycles. The fourth-order valence-corrected chi connectivity index (χ4v) is 2.98. The average Bonchev–Trinajstić information content (AvgIpc) is 2.74. The first kappa shape index (κ1) is 15.6. The number of carbonyl (C=O) groups is 2. The summed E-state index contributed by atoms with van der Waals surface area (Å²) in [4.78, 5) is 27.6. The Morgan fingerprint density at radius 1 is 1.00 bits per heavy atom. The van der Waals surface area contributed by atoms with Crippen LogP contribution >= 0.6 is 0 Å². The highest BCUT2D eigenvalue weighted by molar-refractivity contribution is 5.88. The number of amides is 2. The third-order valence-electron chi connectivity index (χ3n) is 4.21. The fourth-order valence-electron chi connectivity index (χ4n) is 2.98. The molecule has 5 heteroatoms. The minimum Gasteiger partial charge on any atom is -0.340 e. The van der Waals surface area contributed by atoms with Crippen LogP contribution in [-0.4, -0.2) is 47.8 Å². The Morgan fingerprint density at radius 3 is 2.38 bits per heavy atom. The van der Waals surface area contributed by atoms with Crippen LogP contribution in [0.5, 0.6) is 0 Å². The van der Waals surface area contributed by atoms with Crippen molar-refractivity contribution in [2.75, 3.05) is 26.2 Å². The molecule has 0 radical (unpaired) electrons. The zero-order valence-electron chi connectivity index (χ0n) is 12.5. The molecule has 0 aromatic heterocycles. The zero-order valence-corrected chi connectivity index (χ0v) is 12.5. The molecule has 1 heterocycles. The maximum Gasteiger partial charge on any atom is 0.246 e. The molecule has 0 aromatic carbocycles. The first-order valence-corrected chi connectivity index (χ1v) is 7.84. The maximum atomic E-state index is 12.3. The molecule has 2 amide bonds. The van der Waals surface area contributed by atoms with Crippen molar-refractivity contribution in [2.45, 2.75) is 44.9 Å². The second kappa shape index (κ2) is 7.82. The lowest BCUT2D eigenvalue weighted by molar-refractivity contribution is -0.131. The molecule has 1 saturated heterocycles. The van der Waals surface area contributed by atoms with E-state index >= 15 is 0 Å². The lowest BCUT2D eigenvalue weighted by Gasteiger charge is -2.21. The van der Waals surface area contributed by atoms with E-state index in [0.717, 1.165) is 19.3 Å². The predicted octanol–water partition coefficient (Wildman–Crippen LogP) is 1.85. The van der Waals surface area contributed by atoms with E-state index < -0.39 is 0 Å². The van der Waals surface area contributed by atoms with E-state index in [4.69, 9.17) is 5.26 Å². The van der Waals surface area contributed by atoms with Crippen molar-refractivity contribution in [1.82, 2.24) is 9.80 Å². The van der Waals surface area contributed by atoms with Gasteiger partial charge in [0.2, 0.25) is 11.8 Å². The highest BCUT2D eigenvalue weighted by atomic mass is 16.2. The lowest BCUT2D eigenvalue weighted by Crippen LogP contribution is -2.36. The smallest absolute Gasteiger partial charge is 0.246 e. The fraction of sp³-hybridized carbons (Fsp3) is 0.688. The van der Waals surface area contributed by atoms with Crippen LogP contribution in [0.2, 0.25) is 0 Å². The van der Waals surface area contributed by atoms with Gasteiger partial charge >= 0.3 is 0 Å². The van der Waals surface area contributed by atoms with Gasteiger partial charge in [-0.15, -0.1) is 0 Å². The Bertz CT molecular complexity index is 457. The van der Waals surface area contributed by atoms with Gasteiger partial charge in [-0.3, -0.25) is 9.59 Å². The van der Waals surface area contributed by atoms with Crippen molar-refractivity contribution < 1.29 is 9.59 Å². The van der Waals surface area contributed by atoms with E-state index in [1.54, 1.807) is 4.90 Å². The molecule has 2 fully saturated rings. The summed E-state index contributed by atoms with van der Waals surface area (Å²) in [5.41, 5.74) is 1.27. The number of carbonyl (C=O) groups excluding carboxylic acids is 2. The molecule has 21 heavy (non-hydrogen) atoms. The van der Waals surface area contributed by atoms with Crippen LogP contribution < -0.4 is 0 Å². The van der Waals surface area contributed by atoms with Crippen molar-refractivity contribution in [3.8, 4) is 6.07 Å². The van der Waals surface area contributed by atoms with Crippen LogP contribution in [-0.2, 0) is 9.59 Å². The average molecular weight is 289 g/mol. The van der Waals surface area contributed by atoms with E-state index in [1.807, 2.05) is 17.0 Å². The first-order valence-electron chi connectivity index (χ1n) is 7.84. The number of allylic oxidation sites excluding steroid dienone is 1. The van der Waals surface area contributed by atoms with Crippen molar-refractivity contribution in [3.63, 3.8) is 0 Å². The summed E-state index contributed by atoms with van der Waals surface area (Å²) in [6.07, 6.45) is 8.27. The minimum absolute atomic E-state index is 0.0714. The number of rotatable bonds is 2. The molecule has 0 unspecified atom stereocenters. The molecular formula is C16H23N3O2. The summed E-state index contributed by atoms with van der Waals surface area (Å²) in [5, 5.41) is 8.59. The summed E-state index contributed by atoms with van der Waals surface area (Å²) >= 11 is 0. The van der Waals surface area contributed by atoms with E-state index in [-0.39, 0.29) is 18.2 Å². The van der Waals surface area contributed by atoms with Gasteiger partial charge in [0.15, 0.2) is 0 Å². The topological polar surface area (TPSA) is 64.4 Å². The Labute approximate surface area is 126 Å². The molecule has 0 spiro atoms. The van der Waals surface area contributed by atoms with Gasteiger partial charge in [0.25, 0.3) is 0 Å². The van der Waals surface area contributed by atoms with Crippen LogP contribution in [0.25, 0.3) is 0 Å². The Balaban J connectivity index is 1.88. The Hall–Kier alpha value is -1.83. The number of hydrogen-bond donors (Lipinski definition) is 0. The molecule has 1 saturated carbocycles. The SMILES string of the molecule is N#CCC(=O)N1CCCN(C(=O)C=C2CCCCC2)CC1. The number of hydrogen-bond acceptors (Lipinski definition) is 3. The highest BCUT2D eigenvalue weighted by Gasteiger charge is 2.21. The zero-order chi connectivity index (χ0) is 15.1. The van der Waals surface area contributed by atoms with Crippen LogP contribution in [0.1, 0.15) is 44.9 Å². The van der Waals surface area contributed by atoms with Crippen LogP contribution in [0, 0.1) is 11.3 Å². The number of nitriles is 1. The quantitative estimate of drug-likeness (QED) is 0.729. The summed E-state index contributed by atoms with van der Waals surface area (Å²) in [6.45, 7) is 2.44. The van der Waals surface area contributed by atoms with Gasteiger partial charge in [-0.2, -0.15) is 5.26 Å². The van der Waals surface area contributed by atoms with E-state index in [0.29, 0.717) is 26.2 Å². The summed E-state index contributed by atoms with van der Waals surface area (Å²) < 4.78 is 0. The molecule has 2 rings (SSSR count). The normalized spacial score (nSPS) is 19.7. The summed E-state index contributed by atoms with van der Waals surface area (Å²) in [6, 6.07) is 1.89. The van der Waals surface area contributed by atoms with Crippen LogP contribution in [0.4, 0.5) is 0 Å². The monoisotopic (exact) mass is 289 g/mol. The van der Waals surface area contributed by atoms with Crippen molar-refractivity contribution >= 4 is 11.8 Å². The Kier molecular flexibility index (Phi) is 5.79. The maximum absolute atomic E-state index is 12.3. The van der Waals surface area contributed by atoms with E-state index in [1.165, 1.54) is 24.8 Å². The molecule has 5 nitrogen and oxygen atoms in total. The molecule has 0 atom stereocenters. The van der Waals surface area contributed by atoms with Gasteiger partial charge in [-0.1, -0.05) is 12.0 Å². The van der Waals surface area contributed by atoms with Crippen molar-refractivity contribution in [2.24, 2.45) is 0 Å². The highest BCUT2D eigenvalue weighted by Crippen LogP contribution is 2.22. The largest absolute Gasteiger partial charge is 0.340 e. The minimum atomic E-state index is -0.127. The van der Waals surface area contributed by atoms with Crippen molar-refractivity contribution in [1.29, 1.82) is 5.26 Å². The lowest BCUT2D eigenvalue weighted by atomic mass is 9.94.